The number of rotatable bonds is 5. The van der Waals surface area contributed by atoms with Crippen LogP contribution in [-0.2, 0) is 11.8 Å². The lowest BCUT2D eigenvalue weighted by Gasteiger charge is -2.58. The van der Waals surface area contributed by atoms with Crippen LogP contribution in [-0.4, -0.2) is 18.1 Å². The summed E-state index contributed by atoms with van der Waals surface area (Å²) in [4.78, 5) is 4.95. The summed E-state index contributed by atoms with van der Waals surface area (Å²) in [5, 5.41) is 0. The molecule has 0 saturated carbocycles. The highest BCUT2D eigenvalue weighted by Crippen LogP contribution is 2.58. The fourth-order valence-corrected chi connectivity index (χ4v) is 5.06. The van der Waals surface area contributed by atoms with Crippen molar-refractivity contribution in [3.05, 3.63) is 41.7 Å². The molecule has 2 aliphatic heterocycles. The minimum Gasteiger partial charge on any atom is -0.358 e. The lowest BCUT2D eigenvalue weighted by atomic mass is 9.55. The van der Waals surface area contributed by atoms with E-state index in [-0.39, 0.29) is 10.8 Å². The van der Waals surface area contributed by atoms with Crippen molar-refractivity contribution in [1.82, 2.24) is 4.90 Å². The van der Waals surface area contributed by atoms with Gasteiger partial charge in [0.2, 0.25) is 0 Å². The Kier molecular flexibility index (Phi) is 4.44. The van der Waals surface area contributed by atoms with E-state index in [0.717, 1.165) is 0 Å². The predicted molar refractivity (Wildman–Crippen MR) is 104 cm³/mol. The third-order valence-corrected chi connectivity index (χ3v) is 7.14. The van der Waals surface area contributed by atoms with Crippen molar-refractivity contribution in [1.29, 1.82) is 0 Å². The van der Waals surface area contributed by atoms with Crippen molar-refractivity contribution in [3.8, 4) is 0 Å². The number of benzene rings is 1. The van der Waals surface area contributed by atoms with Gasteiger partial charge in [-0.15, -0.1) is 0 Å². The Morgan fingerprint density at radius 2 is 1.79 bits per heavy atom. The van der Waals surface area contributed by atoms with Gasteiger partial charge in [-0.1, -0.05) is 53.2 Å². The molecule has 0 aromatic heterocycles. The molecule has 2 heterocycles. The van der Waals surface area contributed by atoms with Gasteiger partial charge in [0.25, 0.3) is 0 Å². The van der Waals surface area contributed by atoms with Crippen LogP contribution in [0.2, 0.25) is 0 Å². The molecular weight excluding hydrogens is 292 g/mol. The van der Waals surface area contributed by atoms with Gasteiger partial charge in [-0.25, -0.2) is 0 Å². The first-order chi connectivity index (χ1) is 11.4. The normalized spacial score (nSPS) is 31.3. The van der Waals surface area contributed by atoms with Crippen LogP contribution in [0.1, 0.15) is 71.4 Å². The Morgan fingerprint density at radius 1 is 1.04 bits per heavy atom. The first-order valence-electron chi connectivity index (χ1n) is 9.75. The van der Waals surface area contributed by atoms with E-state index in [2.05, 4.69) is 82.1 Å². The van der Waals surface area contributed by atoms with Gasteiger partial charge in [-0.3, -0.25) is 0 Å². The first-order valence-corrected chi connectivity index (χ1v) is 9.75. The van der Waals surface area contributed by atoms with E-state index in [9.17, 15) is 0 Å². The minimum absolute atomic E-state index is 0.196. The van der Waals surface area contributed by atoms with Gasteiger partial charge < -0.3 is 9.80 Å². The van der Waals surface area contributed by atoms with Crippen molar-refractivity contribution in [2.45, 2.75) is 78.3 Å². The molecule has 2 nitrogen and oxygen atoms in total. The monoisotopic (exact) mass is 326 g/mol. The van der Waals surface area contributed by atoms with Gasteiger partial charge in [-0.05, 0) is 42.9 Å². The molecule has 3 atom stereocenters. The van der Waals surface area contributed by atoms with Gasteiger partial charge in [-0.2, -0.15) is 0 Å². The summed E-state index contributed by atoms with van der Waals surface area (Å²) in [5.74, 6) is 0. The molecule has 0 bridgehead atoms. The average Bonchev–Trinajstić information content (AvgIpc) is 3.00. The quantitative estimate of drug-likeness (QED) is 0.687. The summed E-state index contributed by atoms with van der Waals surface area (Å²) in [7, 11) is 2.23. The molecule has 0 N–H and O–H groups in total. The van der Waals surface area contributed by atoms with Crippen molar-refractivity contribution in [3.63, 3.8) is 0 Å². The van der Waals surface area contributed by atoms with Crippen molar-refractivity contribution in [2.75, 3.05) is 11.9 Å². The number of anilines is 1. The zero-order valence-corrected chi connectivity index (χ0v) is 16.4. The van der Waals surface area contributed by atoms with Crippen molar-refractivity contribution >= 4 is 5.69 Å². The molecule has 2 heteroatoms. The van der Waals surface area contributed by atoms with E-state index >= 15 is 0 Å². The van der Waals surface area contributed by atoms with Gasteiger partial charge in [0.1, 0.15) is 6.17 Å². The largest absolute Gasteiger partial charge is 0.358 e. The molecule has 3 rings (SSSR count). The molecule has 1 aromatic carbocycles. The number of fused-ring (bicyclic) bond motifs is 3. The maximum absolute atomic E-state index is 2.53. The summed E-state index contributed by atoms with van der Waals surface area (Å²) in [6, 6.07) is 7.27. The van der Waals surface area contributed by atoms with Gasteiger partial charge in [0.15, 0.2) is 0 Å². The van der Waals surface area contributed by atoms with E-state index in [1.807, 2.05) is 0 Å². The maximum atomic E-state index is 2.53. The van der Waals surface area contributed by atoms with Gasteiger partial charge >= 0.3 is 0 Å². The van der Waals surface area contributed by atoms with Gasteiger partial charge in [0, 0.05) is 36.0 Å². The zero-order chi connectivity index (χ0) is 17.5. The molecule has 0 aliphatic carbocycles. The second-order valence-electron chi connectivity index (χ2n) is 8.16. The molecule has 0 fully saturated rings. The Labute approximate surface area is 148 Å². The lowest BCUT2D eigenvalue weighted by Crippen LogP contribution is -2.61. The molecule has 0 radical (unpaired) electrons. The number of unbranched alkanes of at least 4 members (excludes halogenated alkanes) is 1. The SMILES string of the molecule is CCCCc1ccc2c(c1)N1C=CN(C)[C@H]1C(C)(CC)C2(C)CC. The van der Waals surface area contributed by atoms with Crippen LogP contribution in [0.4, 0.5) is 5.69 Å². The standard InChI is InChI=1S/C22H34N2/c1-7-10-11-17-12-13-18-19(16-17)24-15-14-23(6)20(24)22(5,9-3)21(18,4)8-2/h12-16,20H,7-11H2,1-6H3/t20-,21?,22?/m1/s1. The van der Waals surface area contributed by atoms with E-state index in [0.29, 0.717) is 6.17 Å². The fraction of sp³-hybridized carbons (Fsp3) is 0.636. The van der Waals surface area contributed by atoms with Crippen molar-refractivity contribution < 1.29 is 0 Å². The molecule has 132 valence electrons. The van der Waals surface area contributed by atoms with Crippen LogP contribution in [0.25, 0.3) is 0 Å². The Hall–Kier alpha value is -1.44. The summed E-state index contributed by atoms with van der Waals surface area (Å²) in [6.45, 7) is 12.0. The summed E-state index contributed by atoms with van der Waals surface area (Å²) < 4.78 is 0. The number of hydrogen-bond acceptors (Lipinski definition) is 2. The average molecular weight is 327 g/mol. The summed E-state index contributed by atoms with van der Waals surface area (Å²) >= 11 is 0. The molecule has 2 unspecified atom stereocenters. The van der Waals surface area contributed by atoms with E-state index in [4.69, 9.17) is 0 Å². The Bertz CT molecular complexity index is 635. The highest BCUT2D eigenvalue weighted by molar-refractivity contribution is 5.65. The van der Waals surface area contributed by atoms with E-state index in [1.54, 1.807) is 0 Å². The third-order valence-electron chi connectivity index (χ3n) is 7.14. The predicted octanol–water partition coefficient (Wildman–Crippen LogP) is 5.68. The highest BCUT2D eigenvalue weighted by Gasteiger charge is 2.56. The van der Waals surface area contributed by atoms with E-state index < -0.39 is 0 Å². The second kappa shape index (κ2) is 6.13. The minimum atomic E-state index is 0.196. The second-order valence-corrected chi connectivity index (χ2v) is 8.16. The lowest BCUT2D eigenvalue weighted by molar-refractivity contribution is 0.0395. The number of aryl methyl sites for hydroxylation is 1. The Morgan fingerprint density at radius 3 is 2.42 bits per heavy atom. The molecule has 24 heavy (non-hydrogen) atoms. The fourth-order valence-electron chi connectivity index (χ4n) is 5.06. The zero-order valence-electron chi connectivity index (χ0n) is 16.4. The summed E-state index contributed by atoms with van der Waals surface area (Å²) in [6.07, 6.45) is 11.0. The third kappa shape index (κ3) is 2.22. The van der Waals surface area contributed by atoms with Crippen LogP contribution in [0.15, 0.2) is 30.6 Å². The number of hydrogen-bond donors (Lipinski definition) is 0. The van der Waals surface area contributed by atoms with Crippen LogP contribution < -0.4 is 4.90 Å². The Balaban J connectivity index is 2.17. The van der Waals surface area contributed by atoms with Crippen LogP contribution in [0.3, 0.4) is 0 Å². The number of nitrogens with zero attached hydrogens (tertiary/aromatic N) is 2. The smallest absolute Gasteiger partial charge is 0.111 e. The van der Waals surface area contributed by atoms with Crippen LogP contribution in [0.5, 0.6) is 0 Å². The topological polar surface area (TPSA) is 6.48 Å². The van der Waals surface area contributed by atoms with E-state index in [1.165, 1.54) is 48.9 Å². The van der Waals surface area contributed by atoms with Crippen LogP contribution in [0, 0.1) is 5.41 Å². The molecular formula is C22H34N2. The molecule has 2 aliphatic rings. The van der Waals surface area contributed by atoms with Gasteiger partial charge in [0.05, 0.1) is 0 Å². The summed E-state index contributed by atoms with van der Waals surface area (Å²) in [5.41, 5.74) is 4.87. The molecule has 0 saturated heterocycles. The molecule has 0 spiro atoms. The maximum Gasteiger partial charge on any atom is 0.111 e. The molecule has 1 aromatic rings. The highest BCUT2D eigenvalue weighted by atomic mass is 15.4. The van der Waals surface area contributed by atoms with Crippen molar-refractivity contribution in [2.24, 2.45) is 5.41 Å². The van der Waals surface area contributed by atoms with Crippen LogP contribution >= 0.6 is 0 Å². The molecule has 0 amide bonds. The first kappa shape index (κ1) is 17.4.